The van der Waals surface area contributed by atoms with Gasteiger partial charge in [0.1, 0.15) is 11.5 Å². The predicted octanol–water partition coefficient (Wildman–Crippen LogP) is 4.60. The van der Waals surface area contributed by atoms with Crippen LogP contribution in [0.4, 0.5) is 0 Å². The topological polar surface area (TPSA) is 46.4 Å². The maximum atomic E-state index is 10.9. The summed E-state index contributed by atoms with van der Waals surface area (Å²) in [6.07, 6.45) is 1.46. The minimum absolute atomic E-state index is 0.196. The lowest BCUT2D eigenvalue weighted by Gasteiger charge is -2.26. The van der Waals surface area contributed by atoms with E-state index in [1.54, 1.807) is 0 Å². The first-order chi connectivity index (χ1) is 13.8. The lowest BCUT2D eigenvalue weighted by molar-refractivity contribution is 0.132. The average molecular weight is 372 g/mol. The van der Waals surface area contributed by atoms with E-state index in [1.165, 1.54) is 0 Å². The third-order valence-corrected chi connectivity index (χ3v) is 4.91. The summed E-state index contributed by atoms with van der Waals surface area (Å²) in [5, 5.41) is 15.0. The number of nitrogens with zero attached hydrogens (tertiary/aromatic N) is 1. The Balaban J connectivity index is 1.78. The minimum Gasteiger partial charge on any atom is -0.457 e. The van der Waals surface area contributed by atoms with Gasteiger partial charge < -0.3 is 19.7 Å². The number of benzene rings is 3. The lowest BCUT2D eigenvalue weighted by atomic mass is 10.0. The number of rotatable bonds is 7. The Bertz CT molecular complexity index is 1030. The molecule has 0 spiro atoms. The van der Waals surface area contributed by atoms with Crippen LogP contribution in [0.5, 0.6) is 11.5 Å². The van der Waals surface area contributed by atoms with Gasteiger partial charge >= 0.3 is 0 Å². The number of likely N-dealkylation sites (N-methyl/N-ethyl adjacent to an activating group) is 1. The summed E-state index contributed by atoms with van der Waals surface area (Å²) in [6, 6.07) is 27.8. The molecule has 1 heterocycles. The summed E-state index contributed by atoms with van der Waals surface area (Å²) < 4.78 is 8.24. The maximum absolute atomic E-state index is 10.9. The normalized spacial score (nSPS) is 13.4. The standard InChI is InChI=1S/C24H24N2O2/c1-25-17-22(27)24(18-9-4-2-5-10-18)26-16-15-20-21(26)13-8-14-23(20)28-19-11-6-3-7-12-19/h2-16,22,24-25,27H,17H2,1H3/t22-,24+/m1/s1. The van der Waals surface area contributed by atoms with Gasteiger partial charge in [-0.15, -0.1) is 0 Å². The largest absolute Gasteiger partial charge is 0.457 e. The number of aliphatic hydroxyl groups excluding tert-OH is 1. The molecule has 4 nitrogen and oxygen atoms in total. The van der Waals surface area contributed by atoms with Crippen molar-refractivity contribution in [2.75, 3.05) is 13.6 Å². The number of aliphatic hydroxyl groups is 1. The second-order valence-electron chi connectivity index (χ2n) is 6.81. The van der Waals surface area contributed by atoms with Crippen molar-refractivity contribution >= 4 is 10.9 Å². The molecule has 2 atom stereocenters. The summed E-state index contributed by atoms with van der Waals surface area (Å²) in [5.41, 5.74) is 2.09. The van der Waals surface area contributed by atoms with Gasteiger partial charge in [0.05, 0.1) is 17.7 Å². The van der Waals surface area contributed by atoms with Crippen LogP contribution in [0.1, 0.15) is 11.6 Å². The molecule has 1 aromatic heterocycles. The molecular formula is C24H24N2O2. The predicted molar refractivity (Wildman–Crippen MR) is 113 cm³/mol. The molecule has 0 saturated carbocycles. The van der Waals surface area contributed by atoms with Gasteiger partial charge in [0.15, 0.2) is 0 Å². The van der Waals surface area contributed by atoms with Gasteiger partial charge in [-0.05, 0) is 42.9 Å². The Morgan fingerprint density at radius 3 is 2.32 bits per heavy atom. The highest BCUT2D eigenvalue weighted by atomic mass is 16.5. The first-order valence-corrected chi connectivity index (χ1v) is 9.48. The highest BCUT2D eigenvalue weighted by Gasteiger charge is 2.24. The third-order valence-electron chi connectivity index (χ3n) is 4.91. The Labute approximate surface area is 165 Å². The molecule has 28 heavy (non-hydrogen) atoms. The lowest BCUT2D eigenvalue weighted by Crippen LogP contribution is -2.33. The molecule has 0 aliphatic heterocycles. The van der Waals surface area contributed by atoms with Crippen LogP contribution in [0.25, 0.3) is 10.9 Å². The van der Waals surface area contributed by atoms with E-state index in [4.69, 9.17) is 4.74 Å². The summed E-state index contributed by atoms with van der Waals surface area (Å²) >= 11 is 0. The van der Waals surface area contributed by atoms with E-state index in [9.17, 15) is 5.11 Å². The van der Waals surface area contributed by atoms with Crippen molar-refractivity contribution in [2.24, 2.45) is 0 Å². The van der Waals surface area contributed by atoms with E-state index in [-0.39, 0.29) is 6.04 Å². The SMILES string of the molecule is CNC[C@@H](O)[C@H](c1ccccc1)n1ccc2c(Oc3ccccc3)cccc21. The van der Waals surface area contributed by atoms with Crippen molar-refractivity contribution in [3.63, 3.8) is 0 Å². The average Bonchev–Trinajstić information content (AvgIpc) is 3.15. The summed E-state index contributed by atoms with van der Waals surface area (Å²) in [7, 11) is 1.85. The molecule has 0 aliphatic rings. The summed E-state index contributed by atoms with van der Waals surface area (Å²) in [6.45, 7) is 0.499. The van der Waals surface area contributed by atoms with Crippen LogP contribution in [0, 0.1) is 0 Å². The molecule has 0 amide bonds. The number of nitrogens with one attached hydrogen (secondary N) is 1. The number of aromatic nitrogens is 1. The van der Waals surface area contributed by atoms with Crippen molar-refractivity contribution in [3.8, 4) is 11.5 Å². The van der Waals surface area contributed by atoms with Crippen molar-refractivity contribution in [1.29, 1.82) is 0 Å². The van der Waals surface area contributed by atoms with Crippen LogP contribution in [0.2, 0.25) is 0 Å². The number of fused-ring (bicyclic) bond motifs is 1. The zero-order valence-corrected chi connectivity index (χ0v) is 15.8. The van der Waals surface area contributed by atoms with E-state index in [0.717, 1.165) is 28.0 Å². The fourth-order valence-corrected chi connectivity index (χ4v) is 3.65. The second-order valence-corrected chi connectivity index (χ2v) is 6.81. The zero-order valence-electron chi connectivity index (χ0n) is 15.8. The molecule has 2 N–H and O–H groups in total. The van der Waals surface area contributed by atoms with E-state index in [1.807, 2.05) is 73.9 Å². The Hall–Kier alpha value is -3.08. The Morgan fingerprint density at radius 1 is 0.893 bits per heavy atom. The van der Waals surface area contributed by atoms with Gasteiger partial charge in [-0.3, -0.25) is 0 Å². The van der Waals surface area contributed by atoms with Crippen molar-refractivity contribution in [3.05, 3.63) is 96.7 Å². The van der Waals surface area contributed by atoms with Gasteiger partial charge in [-0.1, -0.05) is 54.6 Å². The van der Waals surface area contributed by atoms with E-state index in [2.05, 4.69) is 34.1 Å². The smallest absolute Gasteiger partial charge is 0.136 e. The van der Waals surface area contributed by atoms with Crippen molar-refractivity contribution in [1.82, 2.24) is 9.88 Å². The van der Waals surface area contributed by atoms with Crippen LogP contribution in [-0.4, -0.2) is 29.4 Å². The van der Waals surface area contributed by atoms with Crippen LogP contribution in [-0.2, 0) is 0 Å². The number of para-hydroxylation sites is 1. The van der Waals surface area contributed by atoms with Crippen LogP contribution >= 0.6 is 0 Å². The molecule has 3 aromatic carbocycles. The molecule has 4 heteroatoms. The molecule has 4 rings (SSSR count). The highest BCUT2D eigenvalue weighted by Crippen LogP contribution is 2.34. The summed E-state index contributed by atoms with van der Waals surface area (Å²) in [4.78, 5) is 0. The number of hydrogen-bond acceptors (Lipinski definition) is 3. The molecule has 0 unspecified atom stereocenters. The van der Waals surface area contributed by atoms with Gasteiger partial charge in [0.25, 0.3) is 0 Å². The first-order valence-electron chi connectivity index (χ1n) is 9.48. The van der Waals surface area contributed by atoms with E-state index in [0.29, 0.717) is 6.54 Å². The minimum atomic E-state index is -0.568. The first kappa shape index (κ1) is 18.3. The van der Waals surface area contributed by atoms with Gasteiger partial charge in [-0.25, -0.2) is 0 Å². The van der Waals surface area contributed by atoms with Gasteiger partial charge in [-0.2, -0.15) is 0 Å². The van der Waals surface area contributed by atoms with Crippen LogP contribution in [0.3, 0.4) is 0 Å². The van der Waals surface area contributed by atoms with Gasteiger partial charge in [0, 0.05) is 18.1 Å². The third kappa shape index (κ3) is 3.65. The van der Waals surface area contributed by atoms with Crippen molar-refractivity contribution < 1.29 is 9.84 Å². The van der Waals surface area contributed by atoms with Gasteiger partial charge in [0.2, 0.25) is 0 Å². The number of hydrogen-bond donors (Lipinski definition) is 2. The number of ether oxygens (including phenoxy) is 1. The quantitative estimate of drug-likeness (QED) is 0.498. The highest BCUT2D eigenvalue weighted by molar-refractivity contribution is 5.87. The molecule has 4 aromatic rings. The molecule has 0 radical (unpaired) electrons. The molecule has 0 aliphatic carbocycles. The Morgan fingerprint density at radius 2 is 1.61 bits per heavy atom. The summed E-state index contributed by atoms with van der Waals surface area (Å²) in [5.74, 6) is 1.61. The van der Waals surface area contributed by atoms with E-state index < -0.39 is 6.10 Å². The molecular weight excluding hydrogens is 348 g/mol. The Kier molecular flexibility index (Phi) is 5.42. The maximum Gasteiger partial charge on any atom is 0.136 e. The van der Waals surface area contributed by atoms with E-state index >= 15 is 0 Å². The molecule has 142 valence electrons. The molecule has 0 bridgehead atoms. The van der Waals surface area contributed by atoms with Crippen molar-refractivity contribution in [2.45, 2.75) is 12.1 Å². The fraction of sp³-hybridized carbons (Fsp3) is 0.167. The molecule has 0 saturated heterocycles. The molecule has 0 fully saturated rings. The fourth-order valence-electron chi connectivity index (χ4n) is 3.65. The van der Waals surface area contributed by atoms with Crippen LogP contribution in [0.15, 0.2) is 91.1 Å². The zero-order chi connectivity index (χ0) is 19.3. The van der Waals surface area contributed by atoms with Crippen LogP contribution < -0.4 is 10.1 Å². The second kappa shape index (κ2) is 8.30. The monoisotopic (exact) mass is 372 g/mol.